The van der Waals surface area contributed by atoms with Gasteiger partial charge in [0.1, 0.15) is 5.75 Å². The minimum absolute atomic E-state index is 0.288. The number of nitrogens with zero attached hydrogens (tertiary/aromatic N) is 1. The Hall–Kier alpha value is -2.08. The fourth-order valence-corrected chi connectivity index (χ4v) is 3.91. The molecule has 0 unspecified atom stereocenters. The number of para-hydroxylation sites is 2. The molecule has 1 aromatic carbocycles. The number of carbonyl (C=O) groups is 1. The van der Waals surface area contributed by atoms with Gasteiger partial charge in [0, 0.05) is 4.88 Å². The standard InChI is InChI=1S/C18H23N3O2S/c1-2-23-15-11-8-7-9-13(15)19-17(22)21-18-20-14-10-5-3-4-6-12-16(14)24-18/h7-9,11H,2-6,10,12H2,1H3,(H2,19,20,21,22). The van der Waals surface area contributed by atoms with Crippen molar-refractivity contribution < 1.29 is 9.53 Å². The van der Waals surface area contributed by atoms with E-state index in [-0.39, 0.29) is 6.03 Å². The van der Waals surface area contributed by atoms with Gasteiger partial charge in [0.05, 0.1) is 18.0 Å². The summed E-state index contributed by atoms with van der Waals surface area (Å²) in [5, 5.41) is 6.37. The first-order valence-electron chi connectivity index (χ1n) is 8.54. The molecule has 2 aromatic rings. The SMILES string of the molecule is CCOc1ccccc1NC(=O)Nc1nc2c(s1)CCCCCC2. The number of urea groups is 1. The Morgan fingerprint density at radius 3 is 2.79 bits per heavy atom. The van der Waals surface area contributed by atoms with Crippen LogP contribution in [0.15, 0.2) is 24.3 Å². The molecule has 0 bridgehead atoms. The first kappa shape index (κ1) is 16.8. The summed E-state index contributed by atoms with van der Waals surface area (Å²) in [5.74, 6) is 0.668. The van der Waals surface area contributed by atoms with Gasteiger partial charge in [0.2, 0.25) is 0 Å². The van der Waals surface area contributed by atoms with E-state index in [1.165, 1.54) is 30.6 Å². The van der Waals surface area contributed by atoms with E-state index in [4.69, 9.17) is 4.74 Å². The number of carbonyl (C=O) groups excluding carboxylic acids is 1. The maximum Gasteiger partial charge on any atom is 0.325 e. The van der Waals surface area contributed by atoms with E-state index in [9.17, 15) is 4.79 Å². The van der Waals surface area contributed by atoms with Gasteiger partial charge < -0.3 is 10.1 Å². The molecular weight excluding hydrogens is 322 g/mol. The maximum absolute atomic E-state index is 12.3. The largest absolute Gasteiger partial charge is 0.492 e. The molecule has 0 atom stereocenters. The highest BCUT2D eigenvalue weighted by Gasteiger charge is 2.15. The summed E-state index contributed by atoms with van der Waals surface area (Å²) >= 11 is 1.60. The number of benzene rings is 1. The van der Waals surface area contributed by atoms with Crippen LogP contribution in [0.4, 0.5) is 15.6 Å². The van der Waals surface area contributed by atoms with Gasteiger partial charge in [-0.25, -0.2) is 9.78 Å². The quantitative estimate of drug-likeness (QED) is 0.833. The van der Waals surface area contributed by atoms with Crippen molar-refractivity contribution in [1.29, 1.82) is 0 Å². The van der Waals surface area contributed by atoms with Crippen molar-refractivity contribution in [3.8, 4) is 5.75 Å². The number of ether oxygens (including phenoxy) is 1. The molecule has 2 amide bonds. The molecule has 0 fully saturated rings. The monoisotopic (exact) mass is 345 g/mol. The summed E-state index contributed by atoms with van der Waals surface area (Å²) in [5.41, 5.74) is 1.82. The van der Waals surface area contributed by atoms with Gasteiger partial charge >= 0.3 is 6.03 Å². The summed E-state index contributed by atoms with van der Waals surface area (Å²) in [7, 11) is 0. The molecule has 0 saturated heterocycles. The first-order valence-corrected chi connectivity index (χ1v) is 9.36. The number of nitrogens with one attached hydrogen (secondary N) is 2. The Balaban J connectivity index is 1.66. The lowest BCUT2D eigenvalue weighted by Crippen LogP contribution is -2.19. The fraction of sp³-hybridized carbons (Fsp3) is 0.444. The Bertz CT molecular complexity index is 674. The molecule has 24 heavy (non-hydrogen) atoms. The zero-order valence-corrected chi connectivity index (χ0v) is 14.7. The molecule has 5 nitrogen and oxygen atoms in total. The van der Waals surface area contributed by atoms with E-state index in [1.54, 1.807) is 11.3 Å². The number of anilines is 2. The molecule has 3 rings (SSSR count). The van der Waals surface area contributed by atoms with E-state index in [0.29, 0.717) is 23.2 Å². The lowest BCUT2D eigenvalue weighted by molar-refractivity contribution is 0.262. The number of amides is 2. The lowest BCUT2D eigenvalue weighted by atomic mass is 10.0. The van der Waals surface area contributed by atoms with Gasteiger partial charge in [0.15, 0.2) is 5.13 Å². The van der Waals surface area contributed by atoms with Crippen LogP contribution in [-0.2, 0) is 12.8 Å². The molecule has 0 aliphatic heterocycles. The van der Waals surface area contributed by atoms with Gasteiger partial charge in [-0.1, -0.05) is 25.0 Å². The summed E-state index contributed by atoms with van der Waals surface area (Å²) in [6.45, 7) is 2.47. The fourth-order valence-electron chi connectivity index (χ4n) is 2.86. The Morgan fingerprint density at radius 2 is 1.96 bits per heavy atom. The number of fused-ring (bicyclic) bond motifs is 1. The molecule has 0 spiro atoms. The van der Waals surface area contributed by atoms with Crippen LogP contribution in [0.25, 0.3) is 0 Å². The summed E-state index contributed by atoms with van der Waals surface area (Å²) < 4.78 is 5.53. The minimum atomic E-state index is -0.288. The minimum Gasteiger partial charge on any atom is -0.492 e. The molecule has 1 aromatic heterocycles. The molecule has 0 saturated carbocycles. The first-order chi connectivity index (χ1) is 11.8. The van der Waals surface area contributed by atoms with Gasteiger partial charge in [-0.05, 0) is 44.7 Å². The number of hydrogen-bond acceptors (Lipinski definition) is 4. The number of thiazole rings is 1. The maximum atomic E-state index is 12.3. The Morgan fingerprint density at radius 1 is 1.17 bits per heavy atom. The molecule has 1 aliphatic carbocycles. The van der Waals surface area contributed by atoms with Crippen LogP contribution in [0.5, 0.6) is 5.75 Å². The topological polar surface area (TPSA) is 63.2 Å². The predicted molar refractivity (Wildman–Crippen MR) is 98.2 cm³/mol. The second-order valence-corrected chi connectivity index (χ2v) is 6.90. The predicted octanol–water partition coefficient (Wildman–Crippen LogP) is 4.84. The van der Waals surface area contributed by atoms with Crippen molar-refractivity contribution in [2.45, 2.75) is 45.4 Å². The molecule has 6 heteroatoms. The van der Waals surface area contributed by atoms with E-state index in [1.807, 2.05) is 31.2 Å². The highest BCUT2D eigenvalue weighted by atomic mass is 32.1. The summed E-state index contributed by atoms with van der Waals surface area (Å²) in [6.07, 6.45) is 7.04. The van der Waals surface area contributed by atoms with Crippen LogP contribution in [0.2, 0.25) is 0 Å². The third-order valence-corrected chi connectivity index (χ3v) is 5.07. The van der Waals surface area contributed by atoms with Crippen molar-refractivity contribution in [2.75, 3.05) is 17.2 Å². The van der Waals surface area contributed by atoms with Gasteiger partial charge in [-0.2, -0.15) is 0 Å². The smallest absolute Gasteiger partial charge is 0.325 e. The lowest BCUT2D eigenvalue weighted by Gasteiger charge is -2.11. The average Bonchev–Trinajstić information content (AvgIpc) is 2.90. The third-order valence-electron chi connectivity index (χ3n) is 4.00. The average molecular weight is 345 g/mol. The molecule has 0 radical (unpaired) electrons. The van der Waals surface area contributed by atoms with Gasteiger partial charge in [0.25, 0.3) is 0 Å². The molecule has 128 valence electrons. The number of aryl methyl sites for hydroxylation is 2. The zero-order valence-electron chi connectivity index (χ0n) is 13.9. The van der Waals surface area contributed by atoms with Crippen LogP contribution in [-0.4, -0.2) is 17.6 Å². The third kappa shape index (κ3) is 4.26. The summed E-state index contributed by atoms with van der Waals surface area (Å²) in [4.78, 5) is 18.2. The van der Waals surface area contributed by atoms with Crippen LogP contribution < -0.4 is 15.4 Å². The van der Waals surface area contributed by atoms with Gasteiger partial charge in [-0.15, -0.1) is 11.3 Å². The van der Waals surface area contributed by atoms with E-state index < -0.39 is 0 Å². The number of aromatic nitrogens is 1. The molecule has 1 aliphatic rings. The molecule has 2 N–H and O–H groups in total. The highest BCUT2D eigenvalue weighted by molar-refractivity contribution is 7.15. The Labute approximate surface area is 146 Å². The Kier molecular flexibility index (Phi) is 5.69. The number of rotatable bonds is 4. The second-order valence-electron chi connectivity index (χ2n) is 5.81. The summed E-state index contributed by atoms with van der Waals surface area (Å²) in [6, 6.07) is 7.13. The van der Waals surface area contributed by atoms with Crippen molar-refractivity contribution in [3.05, 3.63) is 34.8 Å². The van der Waals surface area contributed by atoms with Crippen molar-refractivity contribution in [1.82, 2.24) is 4.98 Å². The normalized spacial score (nSPS) is 14.2. The van der Waals surface area contributed by atoms with E-state index in [2.05, 4.69) is 15.6 Å². The second kappa shape index (κ2) is 8.15. The number of hydrogen-bond donors (Lipinski definition) is 2. The van der Waals surface area contributed by atoms with Crippen LogP contribution in [0.3, 0.4) is 0 Å². The van der Waals surface area contributed by atoms with Gasteiger partial charge in [-0.3, -0.25) is 5.32 Å². The molecule has 1 heterocycles. The van der Waals surface area contributed by atoms with Crippen molar-refractivity contribution >= 4 is 28.2 Å². The van der Waals surface area contributed by atoms with Crippen LogP contribution in [0, 0.1) is 0 Å². The van der Waals surface area contributed by atoms with Crippen LogP contribution >= 0.6 is 11.3 Å². The van der Waals surface area contributed by atoms with Crippen molar-refractivity contribution in [2.24, 2.45) is 0 Å². The molecular formula is C18H23N3O2S. The highest BCUT2D eigenvalue weighted by Crippen LogP contribution is 2.29. The van der Waals surface area contributed by atoms with E-state index >= 15 is 0 Å². The van der Waals surface area contributed by atoms with Crippen LogP contribution in [0.1, 0.15) is 43.2 Å². The van der Waals surface area contributed by atoms with E-state index in [0.717, 1.165) is 18.5 Å². The zero-order chi connectivity index (χ0) is 16.8. The van der Waals surface area contributed by atoms with Crippen molar-refractivity contribution in [3.63, 3.8) is 0 Å².